The second kappa shape index (κ2) is 5.16. The standard InChI is InChI=1S/C10H10BrFN2OS/c11-7-2-1-6(3-8(7)12)14-10(15)9-4-16-5-13-9/h1-3,9,13H,4-5H2,(H,14,15). The Bertz CT molecular complexity index is 410. The van der Waals surface area contributed by atoms with Gasteiger partial charge in [-0.3, -0.25) is 10.1 Å². The first-order valence-corrected chi connectivity index (χ1v) is 6.68. The summed E-state index contributed by atoms with van der Waals surface area (Å²) in [6.45, 7) is 0. The molecule has 1 heterocycles. The Balaban J connectivity index is 2.02. The second-order valence-electron chi connectivity index (χ2n) is 3.39. The average Bonchev–Trinajstić information content (AvgIpc) is 2.77. The van der Waals surface area contributed by atoms with E-state index in [2.05, 4.69) is 26.6 Å². The minimum absolute atomic E-state index is 0.119. The first kappa shape index (κ1) is 11.9. The van der Waals surface area contributed by atoms with E-state index >= 15 is 0 Å². The van der Waals surface area contributed by atoms with Gasteiger partial charge in [0.2, 0.25) is 5.91 Å². The third-order valence-corrected chi connectivity index (χ3v) is 3.80. The number of thioether (sulfide) groups is 1. The van der Waals surface area contributed by atoms with Gasteiger partial charge in [-0.2, -0.15) is 0 Å². The average molecular weight is 305 g/mol. The van der Waals surface area contributed by atoms with Crippen LogP contribution in [0.5, 0.6) is 0 Å². The number of rotatable bonds is 2. The number of hydrogen-bond donors (Lipinski definition) is 2. The molecule has 86 valence electrons. The highest BCUT2D eigenvalue weighted by Gasteiger charge is 2.22. The molecule has 0 saturated carbocycles. The van der Waals surface area contributed by atoms with E-state index in [4.69, 9.17) is 0 Å². The van der Waals surface area contributed by atoms with Crippen LogP contribution in [-0.4, -0.2) is 23.6 Å². The molecule has 0 aromatic heterocycles. The summed E-state index contributed by atoms with van der Waals surface area (Å²) < 4.78 is 13.6. The number of amides is 1. The van der Waals surface area contributed by atoms with Gasteiger partial charge in [-0.15, -0.1) is 11.8 Å². The summed E-state index contributed by atoms with van der Waals surface area (Å²) in [5.41, 5.74) is 0.476. The molecule has 1 aromatic rings. The monoisotopic (exact) mass is 304 g/mol. The van der Waals surface area contributed by atoms with Crippen LogP contribution in [0.1, 0.15) is 0 Å². The topological polar surface area (TPSA) is 41.1 Å². The van der Waals surface area contributed by atoms with Crippen molar-refractivity contribution in [2.75, 3.05) is 16.9 Å². The molecule has 2 rings (SSSR count). The van der Waals surface area contributed by atoms with E-state index in [9.17, 15) is 9.18 Å². The summed E-state index contributed by atoms with van der Waals surface area (Å²) in [4.78, 5) is 11.7. The highest BCUT2D eigenvalue weighted by Crippen LogP contribution is 2.20. The summed E-state index contributed by atoms with van der Waals surface area (Å²) in [7, 11) is 0. The van der Waals surface area contributed by atoms with Gasteiger partial charge in [0, 0.05) is 17.3 Å². The first-order chi connectivity index (χ1) is 7.66. The van der Waals surface area contributed by atoms with E-state index in [0.29, 0.717) is 10.2 Å². The lowest BCUT2D eigenvalue weighted by atomic mass is 10.2. The molecule has 1 fully saturated rings. The first-order valence-electron chi connectivity index (χ1n) is 4.74. The molecule has 3 nitrogen and oxygen atoms in total. The molecule has 1 unspecified atom stereocenters. The molecule has 1 amide bonds. The van der Waals surface area contributed by atoms with Gasteiger partial charge in [-0.25, -0.2) is 4.39 Å². The number of carbonyl (C=O) groups is 1. The zero-order chi connectivity index (χ0) is 11.5. The van der Waals surface area contributed by atoms with Gasteiger partial charge in [0.25, 0.3) is 0 Å². The molecule has 2 N–H and O–H groups in total. The molecule has 0 spiro atoms. The molecule has 0 aliphatic carbocycles. The van der Waals surface area contributed by atoms with Crippen LogP contribution >= 0.6 is 27.7 Å². The van der Waals surface area contributed by atoms with Gasteiger partial charge in [0.1, 0.15) is 5.82 Å². The lowest BCUT2D eigenvalue weighted by Gasteiger charge is -2.10. The fraction of sp³-hybridized carbons (Fsp3) is 0.300. The van der Waals surface area contributed by atoms with E-state index in [1.54, 1.807) is 23.9 Å². The van der Waals surface area contributed by atoms with Gasteiger partial charge < -0.3 is 5.32 Å². The fourth-order valence-corrected chi connectivity index (χ4v) is 2.56. The number of carbonyl (C=O) groups excluding carboxylic acids is 1. The maximum atomic E-state index is 13.2. The van der Waals surface area contributed by atoms with Crippen molar-refractivity contribution in [2.45, 2.75) is 6.04 Å². The Labute approximate surface area is 105 Å². The minimum Gasteiger partial charge on any atom is -0.325 e. The molecule has 0 radical (unpaired) electrons. The van der Waals surface area contributed by atoms with E-state index in [0.717, 1.165) is 11.6 Å². The van der Waals surface area contributed by atoms with Crippen LogP contribution < -0.4 is 10.6 Å². The normalized spacial score (nSPS) is 19.8. The summed E-state index contributed by atoms with van der Waals surface area (Å²) >= 11 is 4.73. The molecule has 1 aromatic carbocycles. The van der Waals surface area contributed by atoms with Crippen molar-refractivity contribution < 1.29 is 9.18 Å². The molecule has 1 atom stereocenters. The highest BCUT2D eigenvalue weighted by atomic mass is 79.9. The van der Waals surface area contributed by atoms with Crippen LogP contribution in [0.25, 0.3) is 0 Å². The Kier molecular flexibility index (Phi) is 3.83. The smallest absolute Gasteiger partial charge is 0.242 e. The van der Waals surface area contributed by atoms with E-state index in [1.807, 2.05) is 0 Å². The SMILES string of the molecule is O=C(Nc1ccc(Br)c(F)c1)C1CSCN1. The Hall–Kier alpha value is -0.590. The maximum absolute atomic E-state index is 13.2. The van der Waals surface area contributed by atoms with Gasteiger partial charge in [-0.1, -0.05) is 0 Å². The number of nitrogens with one attached hydrogen (secondary N) is 2. The predicted octanol–water partition coefficient (Wildman–Crippen LogP) is 2.19. The van der Waals surface area contributed by atoms with Gasteiger partial charge in [-0.05, 0) is 34.1 Å². The predicted molar refractivity (Wildman–Crippen MR) is 67.0 cm³/mol. The Morgan fingerprint density at radius 2 is 2.44 bits per heavy atom. The van der Waals surface area contributed by atoms with Gasteiger partial charge in [0.05, 0.1) is 10.5 Å². The van der Waals surface area contributed by atoms with Crippen LogP contribution in [0.2, 0.25) is 0 Å². The molecule has 6 heteroatoms. The molecule has 1 aliphatic rings. The minimum atomic E-state index is -0.383. The number of hydrogen-bond acceptors (Lipinski definition) is 3. The van der Waals surface area contributed by atoms with Crippen molar-refractivity contribution in [3.05, 3.63) is 28.5 Å². The van der Waals surface area contributed by atoms with Crippen molar-refractivity contribution in [1.82, 2.24) is 5.32 Å². The van der Waals surface area contributed by atoms with Gasteiger partial charge in [0.15, 0.2) is 0 Å². The number of benzene rings is 1. The molecule has 16 heavy (non-hydrogen) atoms. The molecule has 1 aliphatic heterocycles. The quantitative estimate of drug-likeness (QED) is 0.880. The summed E-state index contributed by atoms with van der Waals surface area (Å²) in [6, 6.07) is 4.34. The number of halogens is 2. The zero-order valence-electron chi connectivity index (χ0n) is 8.30. The lowest BCUT2D eigenvalue weighted by molar-refractivity contribution is -0.117. The lowest BCUT2D eigenvalue weighted by Crippen LogP contribution is -2.37. The van der Waals surface area contributed by atoms with E-state index in [1.165, 1.54) is 6.07 Å². The molecular weight excluding hydrogens is 295 g/mol. The van der Waals surface area contributed by atoms with E-state index < -0.39 is 0 Å². The van der Waals surface area contributed by atoms with Crippen LogP contribution in [-0.2, 0) is 4.79 Å². The molecule has 0 bridgehead atoms. The Morgan fingerprint density at radius 3 is 3.06 bits per heavy atom. The maximum Gasteiger partial charge on any atom is 0.242 e. The third-order valence-electron chi connectivity index (χ3n) is 2.22. The van der Waals surface area contributed by atoms with Crippen molar-refractivity contribution in [3.63, 3.8) is 0 Å². The van der Waals surface area contributed by atoms with Crippen LogP contribution in [0.3, 0.4) is 0 Å². The van der Waals surface area contributed by atoms with Crippen molar-refractivity contribution in [1.29, 1.82) is 0 Å². The van der Waals surface area contributed by atoms with Crippen LogP contribution in [0.15, 0.2) is 22.7 Å². The van der Waals surface area contributed by atoms with Crippen molar-refractivity contribution in [2.24, 2.45) is 0 Å². The highest BCUT2D eigenvalue weighted by molar-refractivity contribution is 9.10. The molecule has 1 saturated heterocycles. The summed E-state index contributed by atoms with van der Waals surface area (Å²) in [5, 5.41) is 5.73. The van der Waals surface area contributed by atoms with Crippen molar-refractivity contribution in [3.8, 4) is 0 Å². The largest absolute Gasteiger partial charge is 0.325 e. The molecular formula is C10H10BrFN2OS. The summed E-state index contributed by atoms with van der Waals surface area (Å²) in [5.74, 6) is 1.04. The second-order valence-corrected chi connectivity index (χ2v) is 5.27. The van der Waals surface area contributed by atoms with Crippen LogP contribution in [0.4, 0.5) is 10.1 Å². The van der Waals surface area contributed by atoms with Gasteiger partial charge >= 0.3 is 0 Å². The fourth-order valence-electron chi connectivity index (χ4n) is 1.37. The number of anilines is 1. The van der Waals surface area contributed by atoms with Crippen LogP contribution in [0, 0.1) is 5.82 Å². The third kappa shape index (κ3) is 2.75. The zero-order valence-corrected chi connectivity index (χ0v) is 10.7. The van der Waals surface area contributed by atoms with Crippen molar-refractivity contribution >= 4 is 39.3 Å². The van der Waals surface area contributed by atoms with E-state index in [-0.39, 0.29) is 17.8 Å². The Morgan fingerprint density at radius 1 is 1.62 bits per heavy atom. The summed E-state index contributed by atoms with van der Waals surface area (Å²) in [6.07, 6.45) is 0.